The molecule has 0 fully saturated rings. The largest absolute Gasteiger partial charge is 0.432 e. The summed E-state index contributed by atoms with van der Waals surface area (Å²) in [5, 5.41) is 1.92. The molecule has 2 aromatic carbocycles. The molecular weight excluding hydrogens is 228 g/mol. The van der Waals surface area contributed by atoms with E-state index >= 15 is 0 Å². The van der Waals surface area contributed by atoms with Gasteiger partial charge in [0.15, 0.2) is 0 Å². The first-order chi connectivity index (χ1) is 7.33. The van der Waals surface area contributed by atoms with Gasteiger partial charge in [-0.1, -0.05) is 43.0 Å². The fraction of sp³-hybridized carbons (Fsp3) is 0. The monoisotopic (exact) mass is 238 g/mol. The molecule has 0 aliphatic heterocycles. The molecule has 0 N–H and O–H groups in total. The minimum Gasteiger partial charge on any atom is -0.432 e. The van der Waals surface area contributed by atoms with Gasteiger partial charge >= 0.3 is 5.97 Å². The third kappa shape index (κ3) is 2.64. The molecule has 0 saturated carbocycles. The van der Waals surface area contributed by atoms with Gasteiger partial charge in [-0.05, 0) is 16.8 Å². The molecule has 76 valence electrons. The molecule has 0 spiro atoms. The van der Waals surface area contributed by atoms with E-state index in [9.17, 15) is 4.79 Å². The van der Waals surface area contributed by atoms with E-state index in [-0.39, 0.29) is 43.7 Å². The van der Waals surface area contributed by atoms with E-state index in [1.54, 1.807) is 6.07 Å². The van der Waals surface area contributed by atoms with Crippen LogP contribution < -0.4 is 0 Å². The van der Waals surface area contributed by atoms with E-state index in [1.165, 1.54) is 0 Å². The van der Waals surface area contributed by atoms with Gasteiger partial charge in [0.2, 0.25) is 0 Å². The van der Waals surface area contributed by atoms with Gasteiger partial charge in [0, 0.05) is 37.7 Å². The predicted octanol–water partition coefficient (Wildman–Crippen LogP) is 2.76. The summed E-state index contributed by atoms with van der Waals surface area (Å²) in [5.74, 6) is -0.373. The standard InChI is InChI=1S/C13H10O2.Ca/c1-2-15-13(14)12-9-5-7-10-6-3-4-8-11(10)12;/h2-9H,1H2;. The van der Waals surface area contributed by atoms with Crippen molar-refractivity contribution in [3.05, 3.63) is 60.9 Å². The molecule has 0 saturated heterocycles. The molecule has 2 rings (SSSR count). The van der Waals surface area contributed by atoms with Gasteiger partial charge in [-0.15, -0.1) is 0 Å². The number of carbonyl (C=O) groups is 1. The summed E-state index contributed by atoms with van der Waals surface area (Å²) in [6, 6.07) is 13.2. The van der Waals surface area contributed by atoms with E-state index < -0.39 is 0 Å². The van der Waals surface area contributed by atoms with Crippen LogP contribution in [0.25, 0.3) is 10.8 Å². The molecule has 2 aromatic rings. The maximum atomic E-state index is 11.6. The molecule has 0 aliphatic carbocycles. The van der Waals surface area contributed by atoms with Crippen LogP contribution in [0.1, 0.15) is 10.4 Å². The number of ether oxygens (including phenoxy) is 1. The van der Waals surface area contributed by atoms with Crippen LogP contribution in [0.15, 0.2) is 55.3 Å². The fourth-order valence-electron chi connectivity index (χ4n) is 1.54. The Kier molecular flexibility index (Phi) is 5.00. The third-order valence-electron chi connectivity index (χ3n) is 2.20. The summed E-state index contributed by atoms with van der Waals surface area (Å²) in [7, 11) is 0. The van der Waals surface area contributed by atoms with Crippen LogP contribution in [-0.4, -0.2) is 43.7 Å². The molecule has 16 heavy (non-hydrogen) atoms. The van der Waals surface area contributed by atoms with Gasteiger partial charge in [0.05, 0.1) is 11.8 Å². The van der Waals surface area contributed by atoms with Crippen LogP contribution in [0.2, 0.25) is 0 Å². The molecular formula is C13H10CaO2. The zero-order valence-corrected chi connectivity index (χ0v) is 11.1. The van der Waals surface area contributed by atoms with Crippen LogP contribution in [0.4, 0.5) is 0 Å². The van der Waals surface area contributed by atoms with Crippen LogP contribution in [0.5, 0.6) is 0 Å². The summed E-state index contributed by atoms with van der Waals surface area (Å²) in [6.07, 6.45) is 1.14. The normalized spacial score (nSPS) is 9.25. The Morgan fingerprint density at radius 1 is 1.12 bits per heavy atom. The van der Waals surface area contributed by atoms with Gasteiger partial charge in [-0.25, -0.2) is 4.79 Å². The Hall–Kier alpha value is -0.830. The molecule has 0 heterocycles. The third-order valence-corrected chi connectivity index (χ3v) is 2.20. The van der Waals surface area contributed by atoms with E-state index in [4.69, 9.17) is 4.74 Å². The number of fused-ring (bicyclic) bond motifs is 1. The van der Waals surface area contributed by atoms with Crippen molar-refractivity contribution in [1.82, 2.24) is 0 Å². The number of rotatable bonds is 2. The Labute approximate surface area is 124 Å². The molecule has 0 amide bonds. The second kappa shape index (κ2) is 6.04. The molecule has 0 aromatic heterocycles. The van der Waals surface area contributed by atoms with Crippen molar-refractivity contribution in [2.45, 2.75) is 0 Å². The van der Waals surface area contributed by atoms with Crippen molar-refractivity contribution in [2.24, 2.45) is 0 Å². The second-order valence-corrected chi connectivity index (χ2v) is 3.10. The van der Waals surface area contributed by atoms with Gasteiger partial charge in [0.1, 0.15) is 0 Å². The number of hydrogen-bond donors (Lipinski definition) is 0. The van der Waals surface area contributed by atoms with E-state index in [1.807, 2.05) is 36.4 Å². The minimum absolute atomic E-state index is 0. The number of esters is 1. The SMILES string of the molecule is C=COC(=O)c1cccc2ccccc12.[Ca]. The van der Waals surface area contributed by atoms with E-state index in [0.29, 0.717) is 5.56 Å². The first-order valence-electron chi connectivity index (χ1n) is 4.62. The van der Waals surface area contributed by atoms with Crippen LogP contribution in [-0.2, 0) is 4.74 Å². The Bertz CT molecular complexity index is 515. The smallest absolute Gasteiger partial charge is 0.343 e. The average Bonchev–Trinajstić information content (AvgIpc) is 2.28. The van der Waals surface area contributed by atoms with Crippen molar-refractivity contribution in [1.29, 1.82) is 0 Å². The molecule has 0 atom stereocenters. The number of carbonyl (C=O) groups excluding carboxylic acids is 1. The van der Waals surface area contributed by atoms with Crippen molar-refractivity contribution in [3.63, 3.8) is 0 Å². The van der Waals surface area contributed by atoms with Crippen LogP contribution in [0.3, 0.4) is 0 Å². The summed E-state index contributed by atoms with van der Waals surface area (Å²) < 4.78 is 4.76. The first-order valence-corrected chi connectivity index (χ1v) is 4.62. The molecule has 0 bridgehead atoms. The van der Waals surface area contributed by atoms with Gasteiger partial charge < -0.3 is 4.74 Å². The van der Waals surface area contributed by atoms with Gasteiger partial charge in [-0.2, -0.15) is 0 Å². The molecule has 2 nitrogen and oxygen atoms in total. The van der Waals surface area contributed by atoms with Crippen molar-refractivity contribution in [3.8, 4) is 0 Å². The number of hydrogen-bond acceptors (Lipinski definition) is 2. The minimum atomic E-state index is -0.373. The summed E-state index contributed by atoms with van der Waals surface area (Å²) >= 11 is 0. The van der Waals surface area contributed by atoms with Crippen molar-refractivity contribution < 1.29 is 9.53 Å². The Morgan fingerprint density at radius 3 is 2.56 bits per heavy atom. The van der Waals surface area contributed by atoms with Crippen LogP contribution in [0, 0.1) is 0 Å². The van der Waals surface area contributed by atoms with E-state index in [2.05, 4.69) is 6.58 Å². The van der Waals surface area contributed by atoms with E-state index in [0.717, 1.165) is 17.0 Å². The summed E-state index contributed by atoms with van der Waals surface area (Å²) in [5.41, 5.74) is 0.563. The maximum Gasteiger partial charge on any atom is 0.343 e. The molecule has 0 unspecified atom stereocenters. The van der Waals surface area contributed by atoms with Crippen molar-refractivity contribution in [2.75, 3.05) is 0 Å². The summed E-state index contributed by atoms with van der Waals surface area (Å²) in [6.45, 7) is 3.36. The van der Waals surface area contributed by atoms with Gasteiger partial charge in [0.25, 0.3) is 0 Å². The van der Waals surface area contributed by atoms with Gasteiger partial charge in [-0.3, -0.25) is 0 Å². The zero-order chi connectivity index (χ0) is 10.7. The summed E-state index contributed by atoms with van der Waals surface area (Å²) in [4.78, 5) is 11.6. The topological polar surface area (TPSA) is 26.3 Å². The quantitative estimate of drug-likeness (QED) is 0.457. The maximum absolute atomic E-state index is 11.6. The molecule has 3 heteroatoms. The average molecular weight is 238 g/mol. The van der Waals surface area contributed by atoms with Crippen molar-refractivity contribution >= 4 is 54.5 Å². The first kappa shape index (κ1) is 13.2. The fourth-order valence-corrected chi connectivity index (χ4v) is 1.54. The second-order valence-electron chi connectivity index (χ2n) is 3.10. The van der Waals surface area contributed by atoms with Crippen LogP contribution >= 0.6 is 0 Å². The molecule has 0 aliphatic rings. The number of benzene rings is 2. The Morgan fingerprint density at radius 2 is 1.81 bits per heavy atom. The predicted molar refractivity (Wildman–Crippen MR) is 65.3 cm³/mol. The zero-order valence-electron chi connectivity index (χ0n) is 8.85. The Balaban J connectivity index is 0.00000128. The molecule has 2 radical (unpaired) electrons.